The third kappa shape index (κ3) is 3.67. The summed E-state index contributed by atoms with van der Waals surface area (Å²) in [6, 6.07) is 11.6. The summed E-state index contributed by atoms with van der Waals surface area (Å²) in [4.78, 5) is 2.08. The Hall–Kier alpha value is -1.29. The van der Waals surface area contributed by atoms with Crippen molar-refractivity contribution in [1.82, 2.24) is 0 Å². The molecule has 21 heavy (non-hydrogen) atoms. The highest BCUT2D eigenvalue weighted by Crippen LogP contribution is 2.32. The highest BCUT2D eigenvalue weighted by molar-refractivity contribution is 6.33. The van der Waals surface area contributed by atoms with E-state index in [0.717, 1.165) is 17.8 Å². The Morgan fingerprint density at radius 2 is 1.81 bits per heavy atom. The molecule has 2 aromatic carbocycles. The van der Waals surface area contributed by atoms with E-state index in [1.54, 1.807) is 24.3 Å². The van der Waals surface area contributed by atoms with Gasteiger partial charge in [0.2, 0.25) is 0 Å². The quantitative estimate of drug-likeness (QED) is 0.865. The minimum atomic E-state index is -0.264. The number of anilines is 1. The molecule has 112 valence electrons. The summed E-state index contributed by atoms with van der Waals surface area (Å²) in [5.74, 6) is -0.264. The van der Waals surface area contributed by atoms with Gasteiger partial charge in [0.1, 0.15) is 5.82 Å². The van der Waals surface area contributed by atoms with Crippen LogP contribution < -0.4 is 10.6 Å². The molecule has 0 aliphatic carbocycles. The summed E-state index contributed by atoms with van der Waals surface area (Å²) in [6.45, 7) is 3.12. The average Bonchev–Trinajstić information content (AvgIpc) is 2.49. The summed E-state index contributed by atoms with van der Waals surface area (Å²) < 4.78 is 13.1. The van der Waals surface area contributed by atoms with E-state index in [1.807, 2.05) is 13.0 Å². The van der Waals surface area contributed by atoms with Gasteiger partial charge in [0.05, 0.1) is 6.04 Å². The summed E-state index contributed by atoms with van der Waals surface area (Å²) in [7, 11) is 0. The third-order valence-corrected chi connectivity index (χ3v) is 3.99. The Bertz CT molecular complexity index is 602. The van der Waals surface area contributed by atoms with Crippen molar-refractivity contribution in [2.75, 3.05) is 18.0 Å². The van der Waals surface area contributed by atoms with Crippen LogP contribution in [0.1, 0.15) is 18.5 Å². The molecule has 0 amide bonds. The van der Waals surface area contributed by atoms with Gasteiger partial charge in [0.15, 0.2) is 0 Å². The Balaban J connectivity index is 2.42. The first-order valence-corrected chi connectivity index (χ1v) is 7.49. The second-order valence-corrected chi connectivity index (χ2v) is 5.52. The van der Waals surface area contributed by atoms with Crippen molar-refractivity contribution in [3.05, 3.63) is 63.9 Å². The van der Waals surface area contributed by atoms with Gasteiger partial charge in [0.25, 0.3) is 0 Å². The molecule has 1 unspecified atom stereocenters. The van der Waals surface area contributed by atoms with Gasteiger partial charge in [-0.1, -0.05) is 23.2 Å². The van der Waals surface area contributed by atoms with Crippen LogP contribution in [0.4, 0.5) is 10.1 Å². The smallest absolute Gasteiger partial charge is 0.123 e. The van der Waals surface area contributed by atoms with Crippen molar-refractivity contribution in [3.63, 3.8) is 0 Å². The van der Waals surface area contributed by atoms with Crippen molar-refractivity contribution in [2.45, 2.75) is 13.0 Å². The molecule has 2 nitrogen and oxygen atoms in total. The lowest BCUT2D eigenvalue weighted by atomic mass is 10.0. The highest BCUT2D eigenvalue weighted by atomic mass is 35.5. The van der Waals surface area contributed by atoms with Crippen LogP contribution in [0.15, 0.2) is 42.5 Å². The molecule has 0 bridgehead atoms. The molecule has 1 atom stereocenters. The van der Waals surface area contributed by atoms with Crippen LogP contribution in [0.5, 0.6) is 0 Å². The number of hydrogen-bond donors (Lipinski definition) is 1. The Labute approximate surface area is 134 Å². The predicted molar refractivity (Wildman–Crippen MR) is 87.7 cm³/mol. The molecule has 0 aromatic heterocycles. The van der Waals surface area contributed by atoms with Crippen molar-refractivity contribution in [3.8, 4) is 0 Å². The molecular formula is C16H17Cl2FN2. The SMILES string of the molecule is CCN(c1ccc(F)cc1)C(CN)c1cc(Cl)ccc1Cl. The van der Waals surface area contributed by atoms with Crippen LogP contribution in [-0.2, 0) is 0 Å². The van der Waals surface area contributed by atoms with E-state index >= 15 is 0 Å². The zero-order valence-corrected chi connectivity index (χ0v) is 13.2. The number of nitrogens with two attached hydrogens (primary N) is 1. The fraction of sp³-hybridized carbons (Fsp3) is 0.250. The van der Waals surface area contributed by atoms with E-state index in [2.05, 4.69) is 4.90 Å². The number of halogens is 3. The lowest BCUT2D eigenvalue weighted by Gasteiger charge is -2.33. The molecule has 0 heterocycles. The lowest BCUT2D eigenvalue weighted by molar-refractivity contribution is 0.622. The average molecular weight is 327 g/mol. The Kier molecular flexibility index (Phi) is 5.45. The van der Waals surface area contributed by atoms with Crippen molar-refractivity contribution < 1.29 is 4.39 Å². The molecule has 0 spiro atoms. The van der Waals surface area contributed by atoms with Crippen LogP contribution in [0.3, 0.4) is 0 Å². The molecule has 2 N–H and O–H groups in total. The van der Waals surface area contributed by atoms with Crippen LogP contribution in [0.25, 0.3) is 0 Å². The van der Waals surface area contributed by atoms with Gasteiger partial charge in [-0.25, -0.2) is 4.39 Å². The van der Waals surface area contributed by atoms with E-state index in [9.17, 15) is 4.39 Å². The van der Waals surface area contributed by atoms with Gasteiger partial charge in [-0.15, -0.1) is 0 Å². The standard InChI is InChI=1S/C16H17Cl2FN2/c1-2-21(13-6-4-12(19)5-7-13)16(10-20)14-9-11(17)3-8-15(14)18/h3-9,16H,2,10,20H2,1H3. The van der Waals surface area contributed by atoms with Crippen LogP contribution in [0.2, 0.25) is 10.0 Å². The fourth-order valence-electron chi connectivity index (χ4n) is 2.41. The maximum absolute atomic E-state index is 13.1. The van der Waals surface area contributed by atoms with Crippen molar-refractivity contribution in [2.24, 2.45) is 5.73 Å². The van der Waals surface area contributed by atoms with Gasteiger partial charge in [-0.3, -0.25) is 0 Å². The maximum Gasteiger partial charge on any atom is 0.123 e. The minimum absolute atomic E-state index is 0.119. The van der Waals surface area contributed by atoms with Crippen LogP contribution in [0, 0.1) is 5.82 Å². The zero-order chi connectivity index (χ0) is 15.4. The fourth-order valence-corrected chi connectivity index (χ4v) is 2.83. The maximum atomic E-state index is 13.1. The molecule has 0 saturated carbocycles. The molecule has 0 saturated heterocycles. The second-order valence-electron chi connectivity index (χ2n) is 4.68. The molecule has 0 radical (unpaired) electrons. The third-order valence-electron chi connectivity index (χ3n) is 3.42. The monoisotopic (exact) mass is 326 g/mol. The van der Waals surface area contributed by atoms with Crippen molar-refractivity contribution >= 4 is 28.9 Å². The van der Waals surface area contributed by atoms with Crippen LogP contribution in [-0.4, -0.2) is 13.1 Å². The number of rotatable bonds is 5. The Morgan fingerprint density at radius 3 is 2.38 bits per heavy atom. The van der Waals surface area contributed by atoms with E-state index in [-0.39, 0.29) is 11.9 Å². The van der Waals surface area contributed by atoms with Crippen molar-refractivity contribution in [1.29, 1.82) is 0 Å². The predicted octanol–water partition coefficient (Wildman–Crippen LogP) is 4.66. The summed E-state index contributed by atoms with van der Waals surface area (Å²) in [6.07, 6.45) is 0. The van der Waals surface area contributed by atoms with Gasteiger partial charge in [0, 0.05) is 28.8 Å². The van der Waals surface area contributed by atoms with E-state index in [0.29, 0.717) is 16.6 Å². The first-order chi connectivity index (χ1) is 10.1. The van der Waals surface area contributed by atoms with Gasteiger partial charge < -0.3 is 10.6 Å². The molecule has 0 fully saturated rings. The van der Waals surface area contributed by atoms with E-state index in [4.69, 9.17) is 28.9 Å². The van der Waals surface area contributed by atoms with Crippen LogP contribution >= 0.6 is 23.2 Å². The van der Waals surface area contributed by atoms with E-state index < -0.39 is 0 Å². The summed E-state index contributed by atoms with van der Waals surface area (Å²) in [5, 5.41) is 1.23. The number of nitrogens with zero attached hydrogens (tertiary/aromatic N) is 1. The number of likely N-dealkylation sites (N-methyl/N-ethyl adjacent to an activating group) is 1. The molecule has 0 aliphatic heterocycles. The van der Waals surface area contributed by atoms with E-state index in [1.165, 1.54) is 12.1 Å². The first kappa shape index (κ1) is 16.1. The van der Waals surface area contributed by atoms with Gasteiger partial charge in [-0.2, -0.15) is 0 Å². The lowest BCUT2D eigenvalue weighted by Crippen LogP contribution is -2.34. The summed E-state index contributed by atoms with van der Waals surface area (Å²) in [5.41, 5.74) is 7.72. The second kappa shape index (κ2) is 7.12. The molecule has 2 rings (SSSR count). The highest BCUT2D eigenvalue weighted by Gasteiger charge is 2.21. The first-order valence-electron chi connectivity index (χ1n) is 6.74. The largest absolute Gasteiger partial charge is 0.363 e. The molecule has 0 aliphatic rings. The zero-order valence-electron chi connectivity index (χ0n) is 11.7. The minimum Gasteiger partial charge on any atom is -0.363 e. The molecular weight excluding hydrogens is 310 g/mol. The summed E-state index contributed by atoms with van der Waals surface area (Å²) >= 11 is 12.3. The topological polar surface area (TPSA) is 29.3 Å². The Morgan fingerprint density at radius 1 is 1.14 bits per heavy atom. The van der Waals surface area contributed by atoms with Gasteiger partial charge >= 0.3 is 0 Å². The normalized spacial score (nSPS) is 12.2. The number of hydrogen-bond acceptors (Lipinski definition) is 2. The molecule has 2 aromatic rings. The number of benzene rings is 2. The molecule has 5 heteroatoms. The van der Waals surface area contributed by atoms with Gasteiger partial charge in [-0.05, 0) is 55.0 Å².